The molecule has 10 nitrogen and oxygen atoms in total. The third kappa shape index (κ3) is 5.50. The quantitative estimate of drug-likeness (QED) is 0.271. The number of aromatic nitrogens is 4. The number of carbonyl (C=O) groups excluding carboxylic acids is 2. The molecule has 0 aliphatic rings. The van der Waals surface area contributed by atoms with Gasteiger partial charge in [0.15, 0.2) is 22.5 Å². The number of benzene rings is 1. The molecule has 172 valence electrons. The number of hydrogen-bond acceptors (Lipinski definition) is 9. The lowest BCUT2D eigenvalue weighted by Gasteiger charge is -2.14. The van der Waals surface area contributed by atoms with Crippen LogP contribution in [0.5, 0.6) is 11.5 Å². The molecular weight excluding hydrogens is 446 g/mol. The predicted octanol–water partition coefficient (Wildman–Crippen LogP) is 3.06. The van der Waals surface area contributed by atoms with Crippen LogP contribution in [0.1, 0.15) is 10.4 Å². The number of ether oxygens (including phenoxy) is 3. The molecule has 0 saturated carbocycles. The number of hydrogen-bond donors (Lipinski definition) is 1. The van der Waals surface area contributed by atoms with Gasteiger partial charge in [0, 0.05) is 36.6 Å². The lowest BCUT2D eigenvalue weighted by molar-refractivity contribution is -0.113. The van der Waals surface area contributed by atoms with E-state index < -0.39 is 5.97 Å². The molecule has 0 radical (unpaired) electrons. The molecule has 0 fully saturated rings. The summed E-state index contributed by atoms with van der Waals surface area (Å²) in [5.74, 6) is 0.376. The summed E-state index contributed by atoms with van der Waals surface area (Å²) in [6.07, 6.45) is 5.09. The Labute approximate surface area is 195 Å². The predicted molar refractivity (Wildman–Crippen MR) is 124 cm³/mol. The van der Waals surface area contributed by atoms with E-state index in [0.717, 1.165) is 5.56 Å². The van der Waals surface area contributed by atoms with Gasteiger partial charge in [0.1, 0.15) is 0 Å². The van der Waals surface area contributed by atoms with Crippen LogP contribution >= 0.6 is 11.8 Å². The van der Waals surface area contributed by atoms with Gasteiger partial charge in [0.05, 0.1) is 38.3 Å². The van der Waals surface area contributed by atoms with E-state index in [9.17, 15) is 9.59 Å². The van der Waals surface area contributed by atoms with Crippen molar-refractivity contribution in [2.75, 3.05) is 32.4 Å². The van der Waals surface area contributed by atoms with E-state index in [0.29, 0.717) is 29.0 Å². The first-order chi connectivity index (χ1) is 16.0. The number of nitrogens with zero attached hydrogens (tertiary/aromatic N) is 4. The number of allylic oxidation sites excluding steroid dienone is 1. The van der Waals surface area contributed by atoms with Crippen LogP contribution < -0.4 is 14.8 Å². The van der Waals surface area contributed by atoms with E-state index in [4.69, 9.17) is 14.2 Å². The molecule has 0 aliphatic carbocycles. The fourth-order valence-electron chi connectivity index (χ4n) is 2.98. The summed E-state index contributed by atoms with van der Waals surface area (Å²) in [6, 6.07) is 6.65. The topological polar surface area (TPSA) is 117 Å². The van der Waals surface area contributed by atoms with E-state index in [-0.39, 0.29) is 22.9 Å². The zero-order valence-electron chi connectivity index (χ0n) is 18.4. The minimum absolute atomic E-state index is 0.0251. The lowest BCUT2D eigenvalue weighted by atomic mass is 10.1. The molecule has 1 N–H and O–H groups in total. The van der Waals surface area contributed by atoms with Crippen LogP contribution in [-0.4, -0.2) is 58.7 Å². The maximum Gasteiger partial charge on any atom is 0.340 e. The molecule has 3 rings (SSSR count). The maximum atomic E-state index is 12.7. The number of amides is 1. The third-order valence-corrected chi connectivity index (χ3v) is 5.45. The zero-order chi connectivity index (χ0) is 23.8. The highest BCUT2D eigenvalue weighted by Crippen LogP contribution is 2.34. The van der Waals surface area contributed by atoms with Gasteiger partial charge in [-0.2, -0.15) is 0 Å². The molecule has 0 atom stereocenters. The lowest BCUT2D eigenvalue weighted by Crippen LogP contribution is -2.18. The standard InChI is InChI=1S/C22H23N5O5S/c1-5-9-27-20(14-7-6-8-23-12-14)25-26-22(27)33-13-19(28)24-16-11-18(31-3)17(30-2)10-15(16)21(29)32-4/h5-8,10-12H,1,9,13H2,2-4H3,(H,24,28). The van der Waals surface area contributed by atoms with Gasteiger partial charge in [-0.05, 0) is 12.1 Å². The third-order valence-electron chi connectivity index (χ3n) is 4.48. The Morgan fingerprint density at radius 1 is 1.18 bits per heavy atom. The summed E-state index contributed by atoms with van der Waals surface area (Å²) in [5, 5.41) is 11.7. The fraction of sp³-hybridized carbons (Fsp3) is 0.227. The van der Waals surface area contributed by atoms with Crippen LogP contribution in [0.3, 0.4) is 0 Å². The number of carbonyl (C=O) groups is 2. The second kappa shape index (κ2) is 11.1. The van der Waals surface area contributed by atoms with Crippen molar-refractivity contribution in [1.82, 2.24) is 19.7 Å². The summed E-state index contributed by atoms with van der Waals surface area (Å²) in [5.41, 5.74) is 1.19. The molecule has 0 aliphatic heterocycles. The van der Waals surface area contributed by atoms with E-state index in [2.05, 4.69) is 27.1 Å². The first kappa shape index (κ1) is 23.8. The Morgan fingerprint density at radius 2 is 1.94 bits per heavy atom. The van der Waals surface area contributed by atoms with Crippen molar-refractivity contribution in [3.8, 4) is 22.9 Å². The van der Waals surface area contributed by atoms with Crippen LogP contribution in [0.2, 0.25) is 0 Å². The van der Waals surface area contributed by atoms with Crippen molar-refractivity contribution in [2.45, 2.75) is 11.7 Å². The number of rotatable bonds is 10. The molecule has 0 saturated heterocycles. The van der Waals surface area contributed by atoms with Gasteiger partial charge in [0.25, 0.3) is 0 Å². The number of anilines is 1. The highest BCUT2D eigenvalue weighted by Gasteiger charge is 2.20. The van der Waals surface area contributed by atoms with Crippen molar-refractivity contribution in [1.29, 1.82) is 0 Å². The highest BCUT2D eigenvalue weighted by molar-refractivity contribution is 7.99. The Morgan fingerprint density at radius 3 is 2.58 bits per heavy atom. The minimum Gasteiger partial charge on any atom is -0.493 e. The minimum atomic E-state index is -0.620. The average molecular weight is 470 g/mol. The molecule has 0 unspecified atom stereocenters. The molecule has 1 amide bonds. The van der Waals surface area contributed by atoms with Crippen LogP contribution in [0.15, 0.2) is 54.5 Å². The van der Waals surface area contributed by atoms with E-state index in [1.165, 1.54) is 45.2 Å². The van der Waals surface area contributed by atoms with Gasteiger partial charge in [-0.25, -0.2) is 4.79 Å². The van der Waals surface area contributed by atoms with Crippen LogP contribution in [0.4, 0.5) is 5.69 Å². The van der Waals surface area contributed by atoms with Crippen LogP contribution in [0.25, 0.3) is 11.4 Å². The van der Waals surface area contributed by atoms with E-state index >= 15 is 0 Å². The summed E-state index contributed by atoms with van der Waals surface area (Å²) in [7, 11) is 4.17. The van der Waals surface area contributed by atoms with Gasteiger partial charge in [-0.15, -0.1) is 16.8 Å². The zero-order valence-corrected chi connectivity index (χ0v) is 19.2. The Bertz CT molecular complexity index is 1150. The molecule has 11 heteroatoms. The fourth-order valence-corrected chi connectivity index (χ4v) is 3.72. The number of nitrogens with one attached hydrogen (secondary N) is 1. The highest BCUT2D eigenvalue weighted by atomic mass is 32.2. The molecule has 3 aromatic rings. The molecule has 0 spiro atoms. The normalized spacial score (nSPS) is 10.4. The van der Waals surface area contributed by atoms with Gasteiger partial charge in [-0.3, -0.25) is 14.3 Å². The molecule has 0 bridgehead atoms. The van der Waals surface area contributed by atoms with Crippen LogP contribution in [-0.2, 0) is 16.1 Å². The average Bonchev–Trinajstić information content (AvgIpc) is 3.25. The summed E-state index contributed by atoms with van der Waals surface area (Å²) in [4.78, 5) is 29.0. The van der Waals surface area contributed by atoms with Gasteiger partial charge in [-0.1, -0.05) is 17.8 Å². The number of methoxy groups -OCH3 is 3. The molecule has 1 aromatic carbocycles. The van der Waals surface area contributed by atoms with Crippen molar-refractivity contribution < 1.29 is 23.8 Å². The molecule has 2 heterocycles. The SMILES string of the molecule is C=CCn1c(SCC(=O)Nc2cc(OC)c(OC)cc2C(=O)OC)nnc1-c1cccnc1. The largest absolute Gasteiger partial charge is 0.493 e. The Kier molecular flexibility index (Phi) is 8.03. The van der Waals surface area contributed by atoms with Gasteiger partial charge in [0.2, 0.25) is 5.91 Å². The Hall–Kier alpha value is -3.86. The van der Waals surface area contributed by atoms with Crippen molar-refractivity contribution in [3.63, 3.8) is 0 Å². The van der Waals surface area contributed by atoms with Gasteiger partial charge >= 0.3 is 5.97 Å². The van der Waals surface area contributed by atoms with Crippen LogP contribution in [0, 0.1) is 0 Å². The first-order valence-corrected chi connectivity index (χ1v) is 10.7. The number of thioether (sulfide) groups is 1. The Balaban J connectivity index is 1.79. The molecule has 33 heavy (non-hydrogen) atoms. The van der Waals surface area contributed by atoms with Crippen molar-refractivity contribution in [2.24, 2.45) is 0 Å². The number of pyridine rings is 1. The summed E-state index contributed by atoms with van der Waals surface area (Å²) < 4.78 is 17.2. The smallest absolute Gasteiger partial charge is 0.340 e. The van der Waals surface area contributed by atoms with E-state index in [1.54, 1.807) is 18.5 Å². The van der Waals surface area contributed by atoms with Gasteiger partial charge < -0.3 is 19.5 Å². The van der Waals surface area contributed by atoms with Crippen molar-refractivity contribution >= 4 is 29.3 Å². The molecule has 2 aromatic heterocycles. The van der Waals surface area contributed by atoms with E-state index in [1.807, 2.05) is 16.7 Å². The molecular formula is C22H23N5O5S. The van der Waals surface area contributed by atoms with Crippen molar-refractivity contribution in [3.05, 3.63) is 54.9 Å². The second-order valence-corrected chi connectivity index (χ2v) is 7.47. The number of esters is 1. The second-order valence-electron chi connectivity index (χ2n) is 6.53. The first-order valence-electron chi connectivity index (χ1n) is 9.73. The summed E-state index contributed by atoms with van der Waals surface area (Å²) >= 11 is 1.20. The monoisotopic (exact) mass is 469 g/mol. The maximum absolute atomic E-state index is 12.7. The summed E-state index contributed by atoms with van der Waals surface area (Å²) in [6.45, 7) is 4.24.